The molecule has 0 bridgehead atoms. The summed E-state index contributed by atoms with van der Waals surface area (Å²) >= 11 is 0. The number of hydrogen-bond acceptors (Lipinski definition) is 4. The monoisotopic (exact) mass is 296 g/mol. The molecule has 7 heteroatoms. The summed E-state index contributed by atoms with van der Waals surface area (Å²) < 4.78 is 1.29. The summed E-state index contributed by atoms with van der Waals surface area (Å²) in [5, 5.41) is 13.9. The molecule has 0 fully saturated rings. The van der Waals surface area contributed by atoms with Gasteiger partial charge in [0.05, 0.1) is 6.20 Å². The number of fused-ring (bicyclic) bond motifs is 1. The molecule has 1 amide bonds. The van der Waals surface area contributed by atoms with Crippen LogP contribution in [0.4, 0.5) is 5.82 Å². The highest BCUT2D eigenvalue weighted by molar-refractivity contribution is 5.96. The molecule has 0 saturated heterocycles. The van der Waals surface area contributed by atoms with Crippen LogP contribution in [-0.4, -0.2) is 20.2 Å². The third-order valence-electron chi connectivity index (χ3n) is 3.19. The molecule has 3 aromatic rings. The average molecular weight is 296 g/mol. The van der Waals surface area contributed by atoms with E-state index >= 15 is 0 Å². The van der Waals surface area contributed by atoms with E-state index in [2.05, 4.69) is 10.3 Å². The average Bonchev–Trinajstić information content (AvgIpc) is 2.93. The van der Waals surface area contributed by atoms with Crippen molar-refractivity contribution in [1.29, 1.82) is 0 Å². The lowest BCUT2D eigenvalue weighted by molar-refractivity contribution is -0.390. The van der Waals surface area contributed by atoms with Crippen LogP contribution in [0.5, 0.6) is 0 Å². The Bertz CT molecular complexity index is 842. The fraction of sp³-hybridized carbons (Fsp3) is 0.0667. The first kappa shape index (κ1) is 13.7. The predicted molar refractivity (Wildman–Crippen MR) is 79.5 cm³/mol. The van der Waals surface area contributed by atoms with Crippen LogP contribution in [0.3, 0.4) is 0 Å². The van der Waals surface area contributed by atoms with E-state index in [0.717, 1.165) is 5.56 Å². The second-order valence-corrected chi connectivity index (χ2v) is 4.64. The van der Waals surface area contributed by atoms with Gasteiger partial charge in [0, 0.05) is 12.6 Å². The zero-order valence-corrected chi connectivity index (χ0v) is 11.5. The number of imidazole rings is 1. The summed E-state index contributed by atoms with van der Waals surface area (Å²) in [7, 11) is 0. The Balaban J connectivity index is 1.90. The molecule has 0 spiro atoms. The molecule has 1 aromatic carbocycles. The number of pyridine rings is 1. The molecule has 0 aliphatic rings. The van der Waals surface area contributed by atoms with Crippen molar-refractivity contribution in [2.45, 2.75) is 6.54 Å². The highest BCUT2D eigenvalue weighted by Crippen LogP contribution is 2.20. The van der Waals surface area contributed by atoms with Gasteiger partial charge in [0.25, 0.3) is 5.91 Å². The molecule has 2 aromatic heterocycles. The van der Waals surface area contributed by atoms with E-state index in [0.29, 0.717) is 5.65 Å². The van der Waals surface area contributed by atoms with Crippen LogP contribution in [-0.2, 0) is 6.54 Å². The maximum absolute atomic E-state index is 12.2. The van der Waals surface area contributed by atoms with Gasteiger partial charge in [0.1, 0.15) is 0 Å². The summed E-state index contributed by atoms with van der Waals surface area (Å²) in [6, 6.07) is 14.3. The molecular formula is C15H12N4O3. The van der Waals surface area contributed by atoms with Crippen molar-refractivity contribution < 1.29 is 9.72 Å². The van der Waals surface area contributed by atoms with Crippen LogP contribution in [0.2, 0.25) is 0 Å². The quantitative estimate of drug-likeness (QED) is 0.590. The Morgan fingerprint density at radius 3 is 2.64 bits per heavy atom. The van der Waals surface area contributed by atoms with E-state index in [1.165, 1.54) is 10.6 Å². The molecule has 0 atom stereocenters. The Morgan fingerprint density at radius 2 is 1.91 bits per heavy atom. The van der Waals surface area contributed by atoms with Crippen LogP contribution < -0.4 is 5.32 Å². The zero-order chi connectivity index (χ0) is 15.5. The SMILES string of the molecule is O=C(NCc1ccccc1)c1nc2ccccn2c1[N+](=O)[O-]. The fourth-order valence-electron chi connectivity index (χ4n) is 2.17. The van der Waals surface area contributed by atoms with Crippen LogP contribution >= 0.6 is 0 Å². The number of carbonyl (C=O) groups is 1. The summed E-state index contributed by atoms with van der Waals surface area (Å²) in [5.41, 5.74) is 1.08. The number of nitrogens with one attached hydrogen (secondary N) is 1. The van der Waals surface area contributed by atoms with Crippen LogP contribution in [0, 0.1) is 10.1 Å². The first-order valence-electron chi connectivity index (χ1n) is 6.60. The van der Waals surface area contributed by atoms with Gasteiger partial charge in [0.15, 0.2) is 0 Å². The highest BCUT2D eigenvalue weighted by atomic mass is 16.6. The lowest BCUT2D eigenvalue weighted by atomic mass is 10.2. The van der Waals surface area contributed by atoms with Crippen LogP contribution in [0.15, 0.2) is 54.7 Å². The Labute approximate surface area is 125 Å². The first-order chi connectivity index (χ1) is 10.7. The number of benzene rings is 1. The van der Waals surface area contributed by atoms with Crippen molar-refractivity contribution in [3.63, 3.8) is 0 Å². The molecule has 3 rings (SSSR count). The minimum Gasteiger partial charge on any atom is -0.358 e. The Morgan fingerprint density at radius 1 is 1.18 bits per heavy atom. The predicted octanol–water partition coefficient (Wildman–Crippen LogP) is 2.17. The molecule has 0 radical (unpaired) electrons. The fourth-order valence-corrected chi connectivity index (χ4v) is 2.17. The standard InChI is InChI=1S/C15H12N4O3/c20-14(16-10-11-6-2-1-3-7-11)13-15(19(21)22)18-9-5-4-8-12(18)17-13/h1-9H,10H2,(H,16,20). The molecule has 0 unspecified atom stereocenters. The van der Waals surface area contributed by atoms with Crippen molar-refractivity contribution in [2.24, 2.45) is 0 Å². The van der Waals surface area contributed by atoms with Crippen molar-refractivity contribution in [3.05, 3.63) is 76.1 Å². The molecule has 7 nitrogen and oxygen atoms in total. The Hall–Kier alpha value is -3.22. The molecule has 0 saturated carbocycles. The lowest BCUT2D eigenvalue weighted by Gasteiger charge is -2.03. The van der Waals surface area contributed by atoms with E-state index in [9.17, 15) is 14.9 Å². The zero-order valence-electron chi connectivity index (χ0n) is 11.5. The molecule has 0 aliphatic heterocycles. The van der Waals surface area contributed by atoms with Gasteiger partial charge >= 0.3 is 5.82 Å². The first-order valence-corrected chi connectivity index (χ1v) is 6.60. The third-order valence-corrected chi connectivity index (χ3v) is 3.19. The molecule has 0 aliphatic carbocycles. The minimum absolute atomic E-state index is 0.188. The van der Waals surface area contributed by atoms with Gasteiger partial charge < -0.3 is 15.4 Å². The number of nitrogens with zero attached hydrogens (tertiary/aromatic N) is 3. The topological polar surface area (TPSA) is 89.5 Å². The highest BCUT2D eigenvalue weighted by Gasteiger charge is 2.27. The van der Waals surface area contributed by atoms with Gasteiger partial charge in [-0.3, -0.25) is 4.79 Å². The van der Waals surface area contributed by atoms with Gasteiger partial charge in [0.2, 0.25) is 11.3 Å². The second-order valence-electron chi connectivity index (χ2n) is 4.64. The number of rotatable bonds is 4. The minimum atomic E-state index is -0.600. The maximum atomic E-state index is 12.2. The molecule has 110 valence electrons. The smallest absolute Gasteiger partial charge is 0.358 e. The van der Waals surface area contributed by atoms with Gasteiger partial charge in [-0.25, -0.2) is 0 Å². The number of aromatic nitrogens is 2. The molecule has 1 N–H and O–H groups in total. The van der Waals surface area contributed by atoms with Crippen molar-refractivity contribution in [3.8, 4) is 0 Å². The van der Waals surface area contributed by atoms with E-state index in [-0.39, 0.29) is 18.1 Å². The van der Waals surface area contributed by atoms with Crippen molar-refractivity contribution >= 4 is 17.4 Å². The van der Waals surface area contributed by atoms with E-state index < -0.39 is 10.8 Å². The van der Waals surface area contributed by atoms with E-state index in [4.69, 9.17) is 0 Å². The summed E-state index contributed by atoms with van der Waals surface area (Å²) in [6.07, 6.45) is 1.51. The molecule has 22 heavy (non-hydrogen) atoms. The van der Waals surface area contributed by atoms with Gasteiger partial charge in [-0.1, -0.05) is 36.4 Å². The van der Waals surface area contributed by atoms with Crippen molar-refractivity contribution in [1.82, 2.24) is 14.7 Å². The maximum Gasteiger partial charge on any atom is 0.361 e. The summed E-state index contributed by atoms with van der Waals surface area (Å²) in [4.78, 5) is 26.9. The third kappa shape index (κ3) is 2.51. The van der Waals surface area contributed by atoms with Gasteiger partial charge in [-0.2, -0.15) is 9.38 Å². The van der Waals surface area contributed by atoms with Gasteiger partial charge in [-0.05, 0) is 16.6 Å². The summed E-state index contributed by atoms with van der Waals surface area (Å²) in [5.74, 6) is -0.902. The lowest BCUT2D eigenvalue weighted by Crippen LogP contribution is -2.24. The van der Waals surface area contributed by atoms with E-state index in [1.807, 2.05) is 30.3 Å². The number of hydrogen-bond donors (Lipinski definition) is 1. The molecular weight excluding hydrogens is 284 g/mol. The van der Waals surface area contributed by atoms with Crippen LogP contribution in [0.1, 0.15) is 16.1 Å². The van der Waals surface area contributed by atoms with E-state index in [1.54, 1.807) is 18.2 Å². The van der Waals surface area contributed by atoms with Crippen molar-refractivity contribution in [2.75, 3.05) is 0 Å². The Kier molecular flexibility index (Phi) is 3.53. The normalized spacial score (nSPS) is 10.5. The number of carbonyl (C=O) groups excluding carboxylic acids is 1. The number of nitro groups is 1. The summed E-state index contributed by atoms with van der Waals surface area (Å²) in [6.45, 7) is 0.282. The largest absolute Gasteiger partial charge is 0.361 e. The molecule has 2 heterocycles. The van der Waals surface area contributed by atoms with Crippen LogP contribution in [0.25, 0.3) is 5.65 Å². The number of amides is 1. The van der Waals surface area contributed by atoms with Gasteiger partial charge in [-0.15, -0.1) is 0 Å². The second kappa shape index (κ2) is 5.65.